The Morgan fingerprint density at radius 1 is 1.33 bits per heavy atom. The lowest BCUT2D eigenvalue weighted by Crippen LogP contribution is -2.49. The highest BCUT2D eigenvalue weighted by molar-refractivity contribution is 6.00. The van der Waals surface area contributed by atoms with Gasteiger partial charge in [0.2, 0.25) is 5.43 Å². The van der Waals surface area contributed by atoms with Gasteiger partial charge in [0.05, 0.1) is 28.3 Å². The first-order valence-electron chi connectivity index (χ1n) is 9.45. The summed E-state index contributed by atoms with van der Waals surface area (Å²) < 4.78 is 32.3. The zero-order valence-corrected chi connectivity index (χ0v) is 16.2. The summed E-state index contributed by atoms with van der Waals surface area (Å²) in [5.74, 6) is -3.55. The number of nitrogens with two attached hydrogens (primary N) is 2. The molecule has 1 aromatic heterocycles. The van der Waals surface area contributed by atoms with E-state index in [1.54, 1.807) is 0 Å². The molecule has 1 aliphatic carbocycles. The van der Waals surface area contributed by atoms with E-state index in [1.165, 1.54) is 16.6 Å². The van der Waals surface area contributed by atoms with Gasteiger partial charge in [0.1, 0.15) is 18.4 Å². The van der Waals surface area contributed by atoms with Crippen LogP contribution in [0.15, 0.2) is 16.1 Å². The molecule has 160 valence electrons. The maximum Gasteiger partial charge on any atom is 0.341 e. The Balaban J connectivity index is 1.95. The molecule has 0 radical (unpaired) electrons. The van der Waals surface area contributed by atoms with Crippen LogP contribution < -0.4 is 21.8 Å². The third kappa shape index (κ3) is 3.05. The van der Waals surface area contributed by atoms with Crippen LogP contribution >= 0.6 is 0 Å². The van der Waals surface area contributed by atoms with Crippen molar-refractivity contribution in [2.45, 2.75) is 31.3 Å². The number of carbonyl (C=O) groups is 1. The van der Waals surface area contributed by atoms with Gasteiger partial charge in [-0.25, -0.2) is 13.6 Å². The highest BCUT2D eigenvalue weighted by Crippen LogP contribution is 2.41. The van der Waals surface area contributed by atoms with Crippen LogP contribution in [-0.2, 0) is 4.84 Å². The van der Waals surface area contributed by atoms with Gasteiger partial charge in [0, 0.05) is 31.7 Å². The summed E-state index contributed by atoms with van der Waals surface area (Å²) >= 11 is 0. The van der Waals surface area contributed by atoms with Crippen LogP contribution in [0.4, 0.5) is 20.2 Å². The van der Waals surface area contributed by atoms with E-state index in [4.69, 9.17) is 16.3 Å². The number of nitrogen functional groups attached to an aromatic ring is 1. The van der Waals surface area contributed by atoms with E-state index in [0.717, 1.165) is 6.20 Å². The smallest absolute Gasteiger partial charge is 0.341 e. The van der Waals surface area contributed by atoms with Gasteiger partial charge in [-0.05, 0) is 12.8 Å². The van der Waals surface area contributed by atoms with E-state index < -0.39 is 45.7 Å². The minimum Gasteiger partial charge on any atom is -0.477 e. The number of piperidine rings is 1. The summed E-state index contributed by atoms with van der Waals surface area (Å²) in [4.78, 5) is 30.3. The molecule has 11 heteroatoms. The molecule has 2 aliphatic rings. The summed E-state index contributed by atoms with van der Waals surface area (Å²) in [7, 11) is 1.39. The fourth-order valence-corrected chi connectivity index (χ4v) is 3.93. The predicted octanol–water partition coefficient (Wildman–Crippen LogP) is 1.43. The van der Waals surface area contributed by atoms with E-state index in [2.05, 4.69) is 5.16 Å². The van der Waals surface area contributed by atoms with Crippen LogP contribution in [-0.4, -0.2) is 47.6 Å². The van der Waals surface area contributed by atoms with E-state index in [0.29, 0.717) is 25.0 Å². The Morgan fingerprint density at radius 2 is 2.03 bits per heavy atom. The Bertz CT molecular complexity index is 1140. The third-order valence-corrected chi connectivity index (χ3v) is 5.54. The summed E-state index contributed by atoms with van der Waals surface area (Å²) in [6.07, 6.45) is 2.82. The lowest BCUT2D eigenvalue weighted by atomic mass is 10.0. The average Bonchev–Trinajstić information content (AvgIpc) is 3.53. The van der Waals surface area contributed by atoms with E-state index >= 15 is 8.78 Å². The van der Waals surface area contributed by atoms with Crippen LogP contribution in [0.1, 0.15) is 35.7 Å². The number of anilines is 2. The minimum absolute atomic E-state index is 0.0713. The highest BCUT2D eigenvalue weighted by Gasteiger charge is 2.34. The number of aromatic carboxylic acids is 1. The molecule has 1 aliphatic heterocycles. The van der Waals surface area contributed by atoms with Gasteiger partial charge in [-0.15, -0.1) is 0 Å². The molecule has 1 aromatic carbocycles. The molecule has 2 aromatic rings. The number of benzene rings is 1. The molecule has 5 N–H and O–H groups in total. The summed E-state index contributed by atoms with van der Waals surface area (Å²) in [6.45, 7) is 0.289. The predicted molar refractivity (Wildman–Crippen MR) is 107 cm³/mol. The first-order valence-corrected chi connectivity index (χ1v) is 9.45. The number of oxime groups is 1. The average molecular weight is 421 g/mol. The zero-order chi connectivity index (χ0) is 21.7. The molecular formula is C19H21F2N5O4. The van der Waals surface area contributed by atoms with Crippen LogP contribution in [0, 0.1) is 11.6 Å². The van der Waals surface area contributed by atoms with Gasteiger partial charge in [-0.1, -0.05) is 5.16 Å². The van der Waals surface area contributed by atoms with Gasteiger partial charge < -0.3 is 30.9 Å². The summed E-state index contributed by atoms with van der Waals surface area (Å²) in [5, 5.41) is 12.7. The number of carboxylic acids is 1. The maximum atomic E-state index is 15.7. The summed E-state index contributed by atoms with van der Waals surface area (Å²) in [6, 6.07) is -0.781. The largest absolute Gasteiger partial charge is 0.477 e. The SMILES string of the molecule is CON=C1CCN(c2c(F)c(N)c3c(=O)c(C(=O)O)cn(C4CC4)c3c2F)CC1N. The van der Waals surface area contributed by atoms with Crippen molar-refractivity contribution < 1.29 is 23.5 Å². The highest BCUT2D eigenvalue weighted by atomic mass is 19.1. The van der Waals surface area contributed by atoms with Crippen molar-refractivity contribution >= 4 is 34.0 Å². The number of carboxylic acid groups (broad SMARTS) is 1. The monoisotopic (exact) mass is 421 g/mol. The zero-order valence-electron chi connectivity index (χ0n) is 16.2. The van der Waals surface area contributed by atoms with E-state index in [-0.39, 0.29) is 30.3 Å². The first-order chi connectivity index (χ1) is 14.3. The number of halogens is 2. The van der Waals surface area contributed by atoms with Gasteiger partial charge in [0.25, 0.3) is 0 Å². The second-order valence-corrected chi connectivity index (χ2v) is 7.50. The molecule has 2 fully saturated rings. The van der Waals surface area contributed by atoms with Gasteiger partial charge >= 0.3 is 5.97 Å². The molecule has 0 spiro atoms. The molecule has 9 nitrogen and oxygen atoms in total. The van der Waals surface area contributed by atoms with E-state index in [1.807, 2.05) is 0 Å². The number of hydrogen-bond donors (Lipinski definition) is 3. The second-order valence-electron chi connectivity index (χ2n) is 7.50. The number of pyridine rings is 1. The van der Waals surface area contributed by atoms with Crippen molar-refractivity contribution in [1.82, 2.24) is 4.57 Å². The van der Waals surface area contributed by atoms with Crippen LogP contribution in [0.25, 0.3) is 10.9 Å². The Labute approximate surface area is 169 Å². The Hall–Kier alpha value is -3.21. The van der Waals surface area contributed by atoms with Crippen LogP contribution in [0.5, 0.6) is 0 Å². The number of hydrogen-bond acceptors (Lipinski definition) is 7. The van der Waals surface area contributed by atoms with Gasteiger partial charge in [-0.2, -0.15) is 0 Å². The summed E-state index contributed by atoms with van der Waals surface area (Å²) in [5.41, 5.74) is 9.81. The third-order valence-electron chi connectivity index (χ3n) is 5.54. The van der Waals surface area contributed by atoms with Crippen LogP contribution in [0.2, 0.25) is 0 Å². The molecule has 1 saturated heterocycles. The lowest BCUT2D eigenvalue weighted by molar-refractivity contribution is 0.0695. The molecule has 0 bridgehead atoms. The van der Waals surface area contributed by atoms with Crippen molar-refractivity contribution in [3.8, 4) is 0 Å². The van der Waals surface area contributed by atoms with Gasteiger partial charge in [0.15, 0.2) is 11.6 Å². The van der Waals surface area contributed by atoms with Crippen LogP contribution in [0.3, 0.4) is 0 Å². The lowest BCUT2D eigenvalue weighted by Gasteiger charge is -2.34. The van der Waals surface area contributed by atoms with Crippen molar-refractivity contribution in [1.29, 1.82) is 0 Å². The molecular weight excluding hydrogens is 400 g/mol. The number of nitrogens with zero attached hydrogens (tertiary/aromatic N) is 3. The molecule has 30 heavy (non-hydrogen) atoms. The molecule has 4 rings (SSSR count). The standard InChI is InChI=1S/C19H21F2N5O4/c1-30-24-11-4-5-25(7-10(11)22)17-13(20)15(23)12-16(14(17)21)26(8-2-3-8)6-9(18(12)27)19(28)29/h6,8,10H,2-5,7,22-23H2,1H3,(H,28,29). The van der Waals surface area contributed by atoms with Gasteiger partial charge in [-0.3, -0.25) is 4.79 Å². The first kappa shape index (κ1) is 20.1. The maximum absolute atomic E-state index is 15.7. The van der Waals surface area contributed by atoms with Crippen molar-refractivity contribution in [3.05, 3.63) is 33.6 Å². The molecule has 1 atom stereocenters. The van der Waals surface area contributed by atoms with Crippen molar-refractivity contribution in [2.75, 3.05) is 30.8 Å². The molecule has 2 heterocycles. The fourth-order valence-electron chi connectivity index (χ4n) is 3.93. The number of aromatic nitrogens is 1. The normalized spacial score (nSPS) is 20.7. The molecule has 1 saturated carbocycles. The number of rotatable bonds is 4. The molecule has 1 unspecified atom stereocenters. The Kier molecular flexibility index (Phi) is 4.85. The Morgan fingerprint density at radius 3 is 2.60 bits per heavy atom. The minimum atomic E-state index is -1.48. The quantitative estimate of drug-likeness (QED) is 0.502. The van der Waals surface area contributed by atoms with Crippen molar-refractivity contribution in [3.63, 3.8) is 0 Å². The second kappa shape index (κ2) is 7.24. The van der Waals surface area contributed by atoms with Crippen molar-refractivity contribution in [2.24, 2.45) is 10.9 Å². The van der Waals surface area contributed by atoms with E-state index in [9.17, 15) is 14.7 Å². The number of fused-ring (bicyclic) bond motifs is 1. The molecule has 0 amide bonds. The fraction of sp³-hybridized carbons (Fsp3) is 0.421. The topological polar surface area (TPSA) is 136 Å².